The number of pyridine rings is 1. The van der Waals surface area contributed by atoms with Crippen LogP contribution in [0.2, 0.25) is 0 Å². The average Bonchev–Trinajstić information content (AvgIpc) is 3.15. The van der Waals surface area contributed by atoms with Crippen LogP contribution in [0.15, 0.2) is 18.3 Å². The Kier molecular flexibility index (Phi) is 3.02. The third-order valence-corrected chi connectivity index (χ3v) is 3.87. The summed E-state index contributed by atoms with van der Waals surface area (Å²) in [5.74, 6) is 2.19. The van der Waals surface area contributed by atoms with Gasteiger partial charge >= 0.3 is 0 Å². The van der Waals surface area contributed by atoms with Gasteiger partial charge in [0.15, 0.2) is 0 Å². The molecule has 0 bridgehead atoms. The molecule has 0 spiro atoms. The SMILES string of the molecule is Cc1cccnc1N1CCN(CC2CC2)CC1. The van der Waals surface area contributed by atoms with Crippen LogP contribution in [0.1, 0.15) is 18.4 Å². The van der Waals surface area contributed by atoms with Gasteiger partial charge in [0.25, 0.3) is 0 Å². The third kappa shape index (κ3) is 2.60. The van der Waals surface area contributed by atoms with Crippen LogP contribution in [0.5, 0.6) is 0 Å². The molecule has 0 atom stereocenters. The lowest BCUT2D eigenvalue weighted by Crippen LogP contribution is -2.47. The van der Waals surface area contributed by atoms with Crippen LogP contribution in [-0.2, 0) is 0 Å². The summed E-state index contributed by atoms with van der Waals surface area (Å²) in [5.41, 5.74) is 1.29. The third-order valence-electron chi connectivity index (χ3n) is 3.87. The van der Waals surface area contributed by atoms with Crippen molar-refractivity contribution in [1.29, 1.82) is 0 Å². The second-order valence-corrected chi connectivity index (χ2v) is 5.37. The van der Waals surface area contributed by atoms with E-state index in [1.165, 1.54) is 43.9 Å². The van der Waals surface area contributed by atoms with Crippen LogP contribution in [0.4, 0.5) is 5.82 Å². The van der Waals surface area contributed by atoms with Gasteiger partial charge in [0.1, 0.15) is 5.82 Å². The molecule has 2 heterocycles. The van der Waals surface area contributed by atoms with E-state index in [0.29, 0.717) is 0 Å². The molecule has 0 radical (unpaired) electrons. The second-order valence-electron chi connectivity index (χ2n) is 5.37. The minimum Gasteiger partial charge on any atom is -0.354 e. The van der Waals surface area contributed by atoms with Crippen molar-refractivity contribution in [2.24, 2.45) is 5.92 Å². The molecule has 1 aromatic rings. The minimum atomic E-state index is 1.01. The molecule has 0 N–H and O–H groups in total. The highest BCUT2D eigenvalue weighted by Gasteiger charge is 2.26. The van der Waals surface area contributed by atoms with Crippen molar-refractivity contribution in [3.8, 4) is 0 Å². The molecule has 0 aromatic carbocycles. The maximum Gasteiger partial charge on any atom is 0.131 e. The van der Waals surface area contributed by atoms with Crippen molar-refractivity contribution in [3.63, 3.8) is 0 Å². The van der Waals surface area contributed by atoms with Gasteiger partial charge in [0.05, 0.1) is 0 Å². The summed E-state index contributed by atoms with van der Waals surface area (Å²) in [6.45, 7) is 8.14. The van der Waals surface area contributed by atoms with E-state index in [1.807, 2.05) is 12.3 Å². The highest BCUT2D eigenvalue weighted by molar-refractivity contribution is 5.46. The first kappa shape index (κ1) is 11.0. The first-order valence-corrected chi connectivity index (χ1v) is 6.72. The van der Waals surface area contributed by atoms with E-state index in [0.717, 1.165) is 19.0 Å². The van der Waals surface area contributed by atoms with Gasteiger partial charge in [0.2, 0.25) is 0 Å². The molecule has 1 aromatic heterocycles. The predicted molar refractivity (Wildman–Crippen MR) is 70.4 cm³/mol. The van der Waals surface area contributed by atoms with E-state index in [1.54, 1.807) is 0 Å². The lowest BCUT2D eigenvalue weighted by atomic mass is 10.2. The Hall–Kier alpha value is -1.09. The van der Waals surface area contributed by atoms with Crippen molar-refractivity contribution in [2.45, 2.75) is 19.8 Å². The number of hydrogen-bond donors (Lipinski definition) is 0. The van der Waals surface area contributed by atoms with Crippen LogP contribution in [0, 0.1) is 12.8 Å². The fraction of sp³-hybridized carbons (Fsp3) is 0.643. The van der Waals surface area contributed by atoms with Crippen molar-refractivity contribution >= 4 is 5.82 Å². The molecule has 3 nitrogen and oxygen atoms in total. The highest BCUT2D eigenvalue weighted by Crippen LogP contribution is 2.30. The molecule has 1 saturated heterocycles. The normalized spacial score (nSPS) is 21.8. The van der Waals surface area contributed by atoms with Crippen LogP contribution >= 0.6 is 0 Å². The number of rotatable bonds is 3. The number of anilines is 1. The molecule has 92 valence electrons. The molecule has 1 saturated carbocycles. The Bertz CT molecular complexity index is 379. The Morgan fingerprint density at radius 2 is 2.00 bits per heavy atom. The maximum absolute atomic E-state index is 4.51. The first-order chi connectivity index (χ1) is 8.33. The predicted octanol–water partition coefficient (Wildman–Crippen LogP) is 1.92. The zero-order valence-corrected chi connectivity index (χ0v) is 10.6. The molecule has 0 amide bonds. The van der Waals surface area contributed by atoms with E-state index in [4.69, 9.17) is 0 Å². The molecule has 2 aliphatic rings. The fourth-order valence-corrected chi connectivity index (χ4v) is 2.62. The minimum absolute atomic E-state index is 1.01. The summed E-state index contributed by atoms with van der Waals surface area (Å²) in [4.78, 5) is 9.55. The fourth-order valence-electron chi connectivity index (χ4n) is 2.62. The average molecular weight is 231 g/mol. The zero-order valence-electron chi connectivity index (χ0n) is 10.6. The summed E-state index contributed by atoms with van der Waals surface area (Å²) in [6.07, 6.45) is 4.82. The molecule has 1 aliphatic carbocycles. The summed E-state index contributed by atoms with van der Waals surface area (Å²) in [6, 6.07) is 4.17. The summed E-state index contributed by atoms with van der Waals surface area (Å²) < 4.78 is 0. The van der Waals surface area contributed by atoms with E-state index < -0.39 is 0 Å². The number of hydrogen-bond acceptors (Lipinski definition) is 3. The number of nitrogens with zero attached hydrogens (tertiary/aromatic N) is 3. The smallest absolute Gasteiger partial charge is 0.131 e. The van der Waals surface area contributed by atoms with Crippen LogP contribution in [-0.4, -0.2) is 42.6 Å². The van der Waals surface area contributed by atoms with Gasteiger partial charge in [-0.3, -0.25) is 4.90 Å². The highest BCUT2D eigenvalue weighted by atomic mass is 15.3. The van der Waals surface area contributed by atoms with Crippen molar-refractivity contribution in [1.82, 2.24) is 9.88 Å². The summed E-state index contributed by atoms with van der Waals surface area (Å²) in [5, 5.41) is 0. The molecular weight excluding hydrogens is 210 g/mol. The maximum atomic E-state index is 4.51. The Balaban J connectivity index is 1.58. The molecule has 17 heavy (non-hydrogen) atoms. The van der Waals surface area contributed by atoms with E-state index in [2.05, 4.69) is 27.8 Å². The first-order valence-electron chi connectivity index (χ1n) is 6.72. The van der Waals surface area contributed by atoms with Gasteiger partial charge < -0.3 is 4.90 Å². The van der Waals surface area contributed by atoms with Crippen molar-refractivity contribution in [2.75, 3.05) is 37.6 Å². The van der Waals surface area contributed by atoms with E-state index in [-0.39, 0.29) is 0 Å². The van der Waals surface area contributed by atoms with E-state index in [9.17, 15) is 0 Å². The Morgan fingerprint density at radius 1 is 1.24 bits per heavy atom. The number of piperazine rings is 1. The van der Waals surface area contributed by atoms with E-state index >= 15 is 0 Å². The van der Waals surface area contributed by atoms with Gasteiger partial charge in [-0.25, -0.2) is 4.98 Å². The van der Waals surface area contributed by atoms with Crippen molar-refractivity contribution < 1.29 is 0 Å². The molecule has 3 heteroatoms. The zero-order chi connectivity index (χ0) is 11.7. The van der Waals surface area contributed by atoms with Crippen LogP contribution in [0.25, 0.3) is 0 Å². The quantitative estimate of drug-likeness (QED) is 0.792. The molecular formula is C14H21N3. The Labute approximate surface area is 103 Å². The molecule has 2 fully saturated rings. The second kappa shape index (κ2) is 4.65. The topological polar surface area (TPSA) is 19.4 Å². The number of aromatic nitrogens is 1. The summed E-state index contributed by atoms with van der Waals surface area (Å²) in [7, 11) is 0. The lowest BCUT2D eigenvalue weighted by molar-refractivity contribution is 0.247. The number of aryl methyl sites for hydroxylation is 1. The van der Waals surface area contributed by atoms with Crippen LogP contribution in [0.3, 0.4) is 0 Å². The largest absolute Gasteiger partial charge is 0.354 e. The van der Waals surface area contributed by atoms with Gasteiger partial charge in [0, 0.05) is 38.9 Å². The van der Waals surface area contributed by atoms with Gasteiger partial charge in [-0.1, -0.05) is 6.07 Å². The van der Waals surface area contributed by atoms with Gasteiger partial charge in [-0.15, -0.1) is 0 Å². The molecule has 3 rings (SSSR count). The Morgan fingerprint density at radius 3 is 2.65 bits per heavy atom. The lowest BCUT2D eigenvalue weighted by Gasteiger charge is -2.36. The summed E-state index contributed by atoms with van der Waals surface area (Å²) >= 11 is 0. The van der Waals surface area contributed by atoms with Gasteiger partial charge in [-0.05, 0) is 37.3 Å². The van der Waals surface area contributed by atoms with Crippen LogP contribution < -0.4 is 4.90 Å². The molecule has 1 aliphatic heterocycles. The van der Waals surface area contributed by atoms with Crippen molar-refractivity contribution in [3.05, 3.63) is 23.9 Å². The molecule has 0 unspecified atom stereocenters. The monoisotopic (exact) mass is 231 g/mol. The van der Waals surface area contributed by atoms with Gasteiger partial charge in [-0.2, -0.15) is 0 Å². The standard InChI is InChI=1S/C14H21N3/c1-12-3-2-6-15-14(12)17-9-7-16(8-10-17)11-13-4-5-13/h2-3,6,13H,4-5,7-11H2,1H3.